The lowest BCUT2D eigenvalue weighted by atomic mass is 10.1. The minimum absolute atomic E-state index is 0.222. The summed E-state index contributed by atoms with van der Waals surface area (Å²) >= 11 is 4.32. The molecule has 0 aromatic heterocycles. The van der Waals surface area contributed by atoms with Crippen molar-refractivity contribution in [2.24, 2.45) is 0 Å². The van der Waals surface area contributed by atoms with Crippen LogP contribution < -0.4 is 5.73 Å². The second kappa shape index (κ2) is 8.09. The van der Waals surface area contributed by atoms with E-state index in [1.54, 1.807) is 0 Å². The van der Waals surface area contributed by atoms with Gasteiger partial charge in [0.05, 0.1) is 0 Å². The molecule has 0 radical (unpaired) electrons. The van der Waals surface area contributed by atoms with E-state index in [4.69, 9.17) is 10.5 Å². The lowest BCUT2D eigenvalue weighted by molar-refractivity contribution is 0.569. The molecule has 0 aliphatic heterocycles. The first-order chi connectivity index (χ1) is 8.77. The monoisotopic (exact) mass is 259 g/mol. The molecule has 0 aliphatic carbocycles. The Labute approximate surface area is 112 Å². The Morgan fingerprint density at radius 1 is 0.889 bits per heavy atom. The van der Waals surface area contributed by atoms with Gasteiger partial charge in [-0.15, -0.1) is 0 Å². The first-order valence-corrected chi connectivity index (χ1v) is 5.83. The maximum Gasteiger partial charge on any atom is 0.208 e. The highest BCUT2D eigenvalue weighted by atomic mass is 35.5. The number of carbonyl (C=O) groups excluding carboxylic acids is 1. The third-order valence-corrected chi connectivity index (χ3v) is 2.25. The van der Waals surface area contributed by atoms with Crippen molar-refractivity contribution in [2.75, 3.05) is 5.73 Å². The first-order valence-electron chi connectivity index (χ1n) is 5.39. The standard InChI is InChI=1S/C14H13N.CHClO/c15-14-9-5-4-8-13(14)11-10-12-6-2-1-3-7-12;2-1-3/h1-11H,15H2;1H. The summed E-state index contributed by atoms with van der Waals surface area (Å²) in [5, 5.41) is 0. The maximum absolute atomic E-state index is 8.57. The predicted octanol–water partition coefficient (Wildman–Crippen LogP) is 3.85. The summed E-state index contributed by atoms with van der Waals surface area (Å²) in [5.74, 6) is 0.222. The molecule has 0 atom stereocenters. The summed E-state index contributed by atoms with van der Waals surface area (Å²) in [7, 11) is 0. The van der Waals surface area contributed by atoms with Gasteiger partial charge >= 0.3 is 0 Å². The number of benzene rings is 2. The second-order valence-electron chi connectivity index (χ2n) is 3.46. The Morgan fingerprint density at radius 3 is 2.06 bits per heavy atom. The van der Waals surface area contributed by atoms with E-state index in [1.165, 1.54) is 5.56 Å². The fourth-order valence-electron chi connectivity index (χ4n) is 1.41. The molecule has 0 bridgehead atoms. The Bertz CT molecular complexity index is 509. The number of hydrogen-bond donors (Lipinski definition) is 1. The summed E-state index contributed by atoms with van der Waals surface area (Å²) < 4.78 is 0. The van der Waals surface area contributed by atoms with E-state index in [0.717, 1.165) is 11.3 Å². The highest BCUT2D eigenvalue weighted by Crippen LogP contribution is 2.14. The zero-order valence-corrected chi connectivity index (χ0v) is 10.5. The van der Waals surface area contributed by atoms with E-state index in [0.29, 0.717) is 0 Å². The van der Waals surface area contributed by atoms with Gasteiger partial charge < -0.3 is 5.73 Å². The van der Waals surface area contributed by atoms with E-state index in [2.05, 4.69) is 29.8 Å². The molecule has 2 N–H and O–H groups in total. The van der Waals surface area contributed by atoms with Crippen LogP contribution >= 0.6 is 11.6 Å². The molecule has 18 heavy (non-hydrogen) atoms. The highest BCUT2D eigenvalue weighted by molar-refractivity contribution is 6.54. The van der Waals surface area contributed by atoms with Crippen LogP contribution in [0.1, 0.15) is 11.1 Å². The molecular weight excluding hydrogens is 246 g/mol. The van der Waals surface area contributed by atoms with Crippen LogP contribution in [0.3, 0.4) is 0 Å². The summed E-state index contributed by atoms with van der Waals surface area (Å²) in [4.78, 5) is 8.57. The average molecular weight is 260 g/mol. The van der Waals surface area contributed by atoms with Gasteiger partial charge in [-0.3, -0.25) is 4.79 Å². The SMILES string of the molecule is Nc1ccccc1C=Cc1ccccc1.O=CCl. The van der Waals surface area contributed by atoms with Crippen molar-refractivity contribution in [3.8, 4) is 0 Å². The molecule has 3 heteroatoms. The summed E-state index contributed by atoms with van der Waals surface area (Å²) in [6.07, 6.45) is 4.09. The zero-order chi connectivity index (χ0) is 13.2. The van der Waals surface area contributed by atoms with Gasteiger partial charge in [0.25, 0.3) is 0 Å². The number of para-hydroxylation sites is 1. The van der Waals surface area contributed by atoms with E-state index in [9.17, 15) is 0 Å². The fraction of sp³-hybridized carbons (Fsp3) is 0. The largest absolute Gasteiger partial charge is 0.398 e. The van der Waals surface area contributed by atoms with Gasteiger partial charge in [0.1, 0.15) is 0 Å². The molecule has 92 valence electrons. The van der Waals surface area contributed by atoms with Crippen LogP contribution in [0.2, 0.25) is 0 Å². The molecule has 2 nitrogen and oxygen atoms in total. The minimum atomic E-state index is 0.222. The van der Waals surface area contributed by atoms with Crippen LogP contribution in [-0.4, -0.2) is 5.75 Å². The van der Waals surface area contributed by atoms with Crippen LogP contribution in [0.15, 0.2) is 54.6 Å². The van der Waals surface area contributed by atoms with Gasteiger partial charge in [-0.05, 0) is 28.8 Å². The lowest BCUT2D eigenvalue weighted by Crippen LogP contribution is -1.87. The van der Waals surface area contributed by atoms with Gasteiger partial charge in [-0.1, -0.05) is 60.7 Å². The van der Waals surface area contributed by atoms with Crippen LogP contribution in [-0.2, 0) is 4.79 Å². The third-order valence-electron chi connectivity index (χ3n) is 2.25. The number of anilines is 1. The van der Waals surface area contributed by atoms with Crippen molar-refractivity contribution in [3.63, 3.8) is 0 Å². The Kier molecular flexibility index (Phi) is 6.30. The molecule has 0 fully saturated rings. The van der Waals surface area contributed by atoms with Crippen LogP contribution in [0.4, 0.5) is 5.69 Å². The van der Waals surface area contributed by atoms with Crippen molar-refractivity contribution >= 4 is 35.2 Å². The molecule has 0 spiro atoms. The van der Waals surface area contributed by atoms with E-state index in [1.807, 2.05) is 48.5 Å². The van der Waals surface area contributed by atoms with E-state index < -0.39 is 0 Å². The summed E-state index contributed by atoms with van der Waals surface area (Å²) in [5.41, 5.74) is 8.88. The van der Waals surface area contributed by atoms with E-state index >= 15 is 0 Å². The molecule has 2 aromatic rings. The topological polar surface area (TPSA) is 43.1 Å². The van der Waals surface area contributed by atoms with Crippen molar-refractivity contribution in [3.05, 3.63) is 65.7 Å². The number of carbonyl (C=O) groups is 1. The van der Waals surface area contributed by atoms with Gasteiger partial charge in [-0.25, -0.2) is 0 Å². The molecule has 0 saturated carbocycles. The first kappa shape index (κ1) is 14.0. The molecule has 0 unspecified atom stereocenters. The lowest BCUT2D eigenvalue weighted by Gasteiger charge is -1.98. The molecule has 0 aliphatic rings. The molecular formula is C15H14ClNO. The third kappa shape index (κ3) is 4.85. The maximum atomic E-state index is 8.57. The molecule has 0 saturated heterocycles. The normalized spacial score (nSPS) is 9.61. The number of halogens is 1. The number of rotatable bonds is 2. The minimum Gasteiger partial charge on any atom is -0.398 e. The predicted molar refractivity (Wildman–Crippen MR) is 78.8 cm³/mol. The average Bonchev–Trinajstić information content (AvgIpc) is 2.40. The summed E-state index contributed by atoms with van der Waals surface area (Å²) in [6, 6.07) is 18.0. The van der Waals surface area contributed by atoms with Crippen molar-refractivity contribution < 1.29 is 4.79 Å². The zero-order valence-electron chi connectivity index (χ0n) is 9.79. The van der Waals surface area contributed by atoms with Gasteiger partial charge in [0, 0.05) is 5.69 Å². The van der Waals surface area contributed by atoms with Gasteiger partial charge in [-0.2, -0.15) is 0 Å². The molecule has 2 rings (SSSR count). The smallest absolute Gasteiger partial charge is 0.208 e. The fourth-order valence-corrected chi connectivity index (χ4v) is 1.41. The quantitative estimate of drug-likeness (QED) is 0.385. The van der Waals surface area contributed by atoms with Crippen molar-refractivity contribution in [1.82, 2.24) is 0 Å². The molecule has 2 aromatic carbocycles. The van der Waals surface area contributed by atoms with Crippen molar-refractivity contribution in [2.45, 2.75) is 0 Å². The summed E-state index contributed by atoms with van der Waals surface area (Å²) in [6.45, 7) is 0. The number of hydrogen-bond acceptors (Lipinski definition) is 2. The van der Waals surface area contributed by atoms with Crippen LogP contribution in [0.5, 0.6) is 0 Å². The number of nitrogens with two attached hydrogens (primary N) is 1. The van der Waals surface area contributed by atoms with Gasteiger partial charge in [0.15, 0.2) is 0 Å². The van der Waals surface area contributed by atoms with E-state index in [-0.39, 0.29) is 5.75 Å². The van der Waals surface area contributed by atoms with Crippen LogP contribution in [0.25, 0.3) is 12.2 Å². The number of nitrogen functional groups attached to an aromatic ring is 1. The van der Waals surface area contributed by atoms with Crippen molar-refractivity contribution in [1.29, 1.82) is 0 Å². The Balaban J connectivity index is 0.000000492. The van der Waals surface area contributed by atoms with Gasteiger partial charge in [0.2, 0.25) is 5.75 Å². The molecule has 0 amide bonds. The van der Waals surface area contributed by atoms with Crippen LogP contribution in [0, 0.1) is 0 Å². The molecule has 0 heterocycles. The Morgan fingerprint density at radius 2 is 1.44 bits per heavy atom. The Hall–Kier alpha value is -2.06. The highest BCUT2D eigenvalue weighted by Gasteiger charge is 1.91. The second-order valence-corrected chi connectivity index (χ2v) is 3.64.